The van der Waals surface area contributed by atoms with E-state index < -0.39 is 6.04 Å². The van der Waals surface area contributed by atoms with Gasteiger partial charge in [-0.25, -0.2) is 0 Å². The zero-order chi connectivity index (χ0) is 10.5. The average Bonchev–Trinajstić information content (AvgIpc) is 2.00. The summed E-state index contributed by atoms with van der Waals surface area (Å²) >= 11 is 1.80. The Hall–Kier alpha value is -0.220. The van der Waals surface area contributed by atoms with Crippen molar-refractivity contribution in [1.82, 2.24) is 0 Å². The molecule has 4 heteroatoms. The second-order valence-electron chi connectivity index (χ2n) is 3.88. The van der Waals surface area contributed by atoms with Gasteiger partial charge in [-0.1, -0.05) is 20.8 Å². The van der Waals surface area contributed by atoms with Crippen LogP contribution >= 0.6 is 11.8 Å². The molecule has 0 amide bonds. The summed E-state index contributed by atoms with van der Waals surface area (Å²) in [6.45, 7) is 6.42. The van der Waals surface area contributed by atoms with Crippen molar-refractivity contribution in [3.05, 3.63) is 0 Å². The highest BCUT2D eigenvalue weighted by molar-refractivity contribution is 8.00. The molecule has 0 aromatic heterocycles. The molecule has 0 fully saturated rings. The van der Waals surface area contributed by atoms with Crippen molar-refractivity contribution in [2.24, 2.45) is 5.73 Å². The first-order chi connectivity index (χ1) is 5.87. The van der Waals surface area contributed by atoms with E-state index >= 15 is 0 Å². The van der Waals surface area contributed by atoms with Crippen LogP contribution in [0.3, 0.4) is 0 Å². The van der Waals surface area contributed by atoms with Gasteiger partial charge in [0, 0.05) is 4.75 Å². The van der Waals surface area contributed by atoms with E-state index in [2.05, 4.69) is 25.5 Å². The molecule has 0 rings (SSSR count). The molecular formula is C9H19NO2S. The third-order valence-corrected chi connectivity index (χ3v) is 2.77. The highest BCUT2D eigenvalue weighted by atomic mass is 32.2. The van der Waals surface area contributed by atoms with Gasteiger partial charge in [0.05, 0.1) is 7.11 Å². The molecule has 2 N–H and O–H groups in total. The minimum absolute atomic E-state index is 0.232. The Morgan fingerprint density at radius 3 is 2.46 bits per heavy atom. The van der Waals surface area contributed by atoms with Crippen molar-refractivity contribution in [2.75, 3.05) is 12.9 Å². The van der Waals surface area contributed by atoms with Crippen molar-refractivity contribution in [3.63, 3.8) is 0 Å². The molecular weight excluding hydrogens is 186 g/mol. The van der Waals surface area contributed by atoms with Crippen LogP contribution in [0.15, 0.2) is 0 Å². The van der Waals surface area contributed by atoms with E-state index in [0.29, 0.717) is 6.42 Å². The van der Waals surface area contributed by atoms with Crippen molar-refractivity contribution >= 4 is 17.7 Å². The van der Waals surface area contributed by atoms with Gasteiger partial charge in [0.25, 0.3) is 0 Å². The molecule has 0 aromatic rings. The predicted molar refractivity (Wildman–Crippen MR) is 56.8 cm³/mol. The molecule has 3 nitrogen and oxygen atoms in total. The number of methoxy groups -OCH3 is 1. The average molecular weight is 205 g/mol. The van der Waals surface area contributed by atoms with E-state index in [1.165, 1.54) is 7.11 Å². The standard InChI is InChI=1S/C9H19NO2S/c1-9(2,3)13-6-5-7(10)8(11)12-4/h7H,5-6,10H2,1-4H3. The quantitative estimate of drug-likeness (QED) is 0.705. The molecule has 0 radical (unpaired) electrons. The lowest BCUT2D eigenvalue weighted by Gasteiger charge is -2.18. The van der Waals surface area contributed by atoms with Crippen LogP contribution in [-0.2, 0) is 9.53 Å². The second kappa shape index (κ2) is 5.50. The summed E-state index contributed by atoms with van der Waals surface area (Å²) in [5.41, 5.74) is 5.57. The summed E-state index contributed by atoms with van der Waals surface area (Å²) in [7, 11) is 1.36. The molecule has 1 unspecified atom stereocenters. The number of rotatable bonds is 4. The maximum atomic E-state index is 10.9. The molecule has 0 bridgehead atoms. The molecule has 0 aliphatic rings. The Kier molecular flexibility index (Phi) is 5.40. The number of ether oxygens (including phenoxy) is 1. The summed E-state index contributed by atoms with van der Waals surface area (Å²) in [6.07, 6.45) is 0.675. The zero-order valence-electron chi connectivity index (χ0n) is 8.79. The molecule has 13 heavy (non-hydrogen) atoms. The zero-order valence-corrected chi connectivity index (χ0v) is 9.61. The molecule has 1 atom stereocenters. The summed E-state index contributed by atoms with van der Waals surface area (Å²) in [5, 5.41) is 0. The van der Waals surface area contributed by atoms with E-state index in [0.717, 1.165) is 5.75 Å². The van der Waals surface area contributed by atoms with E-state index in [4.69, 9.17) is 5.73 Å². The Morgan fingerprint density at radius 2 is 2.08 bits per heavy atom. The number of carbonyl (C=O) groups is 1. The van der Waals surface area contributed by atoms with Crippen LogP contribution in [-0.4, -0.2) is 29.6 Å². The fourth-order valence-corrected chi connectivity index (χ4v) is 1.75. The molecule has 0 heterocycles. The molecule has 78 valence electrons. The molecule has 0 aliphatic heterocycles. The Bertz CT molecular complexity index is 165. The Balaban J connectivity index is 3.59. The number of hydrogen-bond donors (Lipinski definition) is 1. The Morgan fingerprint density at radius 1 is 1.54 bits per heavy atom. The topological polar surface area (TPSA) is 52.3 Å². The van der Waals surface area contributed by atoms with Crippen molar-refractivity contribution < 1.29 is 9.53 Å². The first kappa shape index (κ1) is 12.8. The first-order valence-corrected chi connectivity index (χ1v) is 5.33. The lowest BCUT2D eigenvalue weighted by molar-refractivity contribution is -0.142. The van der Waals surface area contributed by atoms with Gasteiger partial charge in [0.15, 0.2) is 0 Å². The van der Waals surface area contributed by atoms with Crippen LogP contribution < -0.4 is 5.73 Å². The summed E-state index contributed by atoms with van der Waals surface area (Å²) in [6, 6.07) is -0.472. The van der Waals surface area contributed by atoms with Crippen LogP contribution in [0.5, 0.6) is 0 Å². The third kappa shape index (κ3) is 6.90. The predicted octanol–water partition coefficient (Wildman–Crippen LogP) is 1.41. The van der Waals surface area contributed by atoms with Crippen LogP contribution in [0.25, 0.3) is 0 Å². The lowest BCUT2D eigenvalue weighted by atomic mass is 10.2. The fraction of sp³-hybridized carbons (Fsp3) is 0.889. The minimum Gasteiger partial charge on any atom is -0.468 e. The maximum Gasteiger partial charge on any atom is 0.322 e. The highest BCUT2D eigenvalue weighted by Crippen LogP contribution is 2.23. The fourth-order valence-electron chi connectivity index (χ4n) is 0.761. The van der Waals surface area contributed by atoms with Gasteiger partial charge < -0.3 is 10.5 Å². The number of carbonyl (C=O) groups excluding carboxylic acids is 1. The number of thioether (sulfide) groups is 1. The lowest BCUT2D eigenvalue weighted by Crippen LogP contribution is -2.32. The van der Waals surface area contributed by atoms with Crippen LogP contribution in [0.2, 0.25) is 0 Å². The summed E-state index contributed by atoms with van der Waals surface area (Å²) < 4.78 is 4.75. The van der Waals surface area contributed by atoms with Crippen LogP contribution in [0.1, 0.15) is 27.2 Å². The van der Waals surface area contributed by atoms with Crippen molar-refractivity contribution in [1.29, 1.82) is 0 Å². The van der Waals surface area contributed by atoms with Crippen molar-refractivity contribution in [3.8, 4) is 0 Å². The molecule has 0 saturated heterocycles. The first-order valence-electron chi connectivity index (χ1n) is 4.34. The van der Waals surface area contributed by atoms with E-state index in [1.807, 2.05) is 0 Å². The van der Waals surface area contributed by atoms with Gasteiger partial charge in [0.2, 0.25) is 0 Å². The summed E-state index contributed by atoms with van der Waals surface area (Å²) in [5.74, 6) is 0.564. The normalized spacial score (nSPS) is 13.9. The van der Waals surface area contributed by atoms with E-state index in [9.17, 15) is 4.79 Å². The van der Waals surface area contributed by atoms with Gasteiger partial charge in [-0.2, -0.15) is 11.8 Å². The molecule has 0 saturated carbocycles. The van der Waals surface area contributed by atoms with Gasteiger partial charge in [-0.15, -0.1) is 0 Å². The van der Waals surface area contributed by atoms with Crippen LogP contribution in [0.4, 0.5) is 0 Å². The van der Waals surface area contributed by atoms with Crippen LogP contribution in [0, 0.1) is 0 Å². The van der Waals surface area contributed by atoms with Gasteiger partial charge in [-0.05, 0) is 12.2 Å². The van der Waals surface area contributed by atoms with Gasteiger partial charge >= 0.3 is 5.97 Å². The SMILES string of the molecule is COC(=O)C(N)CCSC(C)(C)C. The van der Waals surface area contributed by atoms with Gasteiger partial charge in [-0.3, -0.25) is 4.79 Å². The van der Waals surface area contributed by atoms with Crippen molar-refractivity contribution in [2.45, 2.75) is 38.0 Å². The number of nitrogens with two attached hydrogens (primary N) is 1. The monoisotopic (exact) mass is 205 g/mol. The maximum absolute atomic E-state index is 10.9. The third-order valence-electron chi connectivity index (χ3n) is 1.47. The smallest absolute Gasteiger partial charge is 0.322 e. The molecule has 0 spiro atoms. The number of esters is 1. The highest BCUT2D eigenvalue weighted by Gasteiger charge is 2.15. The molecule has 0 aliphatic carbocycles. The summed E-state index contributed by atoms with van der Waals surface area (Å²) in [4.78, 5) is 10.9. The minimum atomic E-state index is -0.472. The van der Waals surface area contributed by atoms with Gasteiger partial charge in [0.1, 0.15) is 6.04 Å². The number of hydrogen-bond acceptors (Lipinski definition) is 4. The van der Waals surface area contributed by atoms with E-state index in [1.54, 1.807) is 11.8 Å². The second-order valence-corrected chi connectivity index (χ2v) is 5.80. The Labute approximate surface area is 84.4 Å². The molecule has 0 aromatic carbocycles. The largest absolute Gasteiger partial charge is 0.468 e. The van der Waals surface area contributed by atoms with E-state index in [-0.39, 0.29) is 10.7 Å².